The molecule has 0 amide bonds. The van der Waals surface area contributed by atoms with Gasteiger partial charge < -0.3 is 4.90 Å². The Kier molecular flexibility index (Phi) is 5.32. The molecule has 0 aliphatic heterocycles. The fourth-order valence-electron chi connectivity index (χ4n) is 4.61. The van der Waals surface area contributed by atoms with E-state index in [0.717, 1.165) is 39.0 Å². The smallest absolute Gasteiger partial charge is 0.134 e. The van der Waals surface area contributed by atoms with Crippen molar-refractivity contribution in [3.8, 4) is 0 Å². The lowest BCUT2D eigenvalue weighted by molar-refractivity contribution is 0.548. The fourth-order valence-corrected chi connectivity index (χ4v) is 4.61. The van der Waals surface area contributed by atoms with Crippen molar-refractivity contribution >= 4 is 38.9 Å². The van der Waals surface area contributed by atoms with Gasteiger partial charge in [-0.15, -0.1) is 0 Å². The van der Waals surface area contributed by atoms with Gasteiger partial charge in [-0.1, -0.05) is 57.2 Å². The van der Waals surface area contributed by atoms with E-state index in [1.807, 2.05) is 12.4 Å². The number of nitrogens with zero attached hydrogens (tertiary/aromatic N) is 4. The van der Waals surface area contributed by atoms with Gasteiger partial charge >= 0.3 is 0 Å². The number of hydrogen-bond donors (Lipinski definition) is 0. The normalized spacial score (nSPS) is 11.8. The van der Waals surface area contributed by atoms with Crippen LogP contribution in [0, 0.1) is 20.8 Å². The Balaban J connectivity index is 1.82. The number of rotatable bonds is 3. The number of aryl methyl sites for hydroxylation is 3. The van der Waals surface area contributed by atoms with Gasteiger partial charge in [0, 0.05) is 34.3 Å². The third-order valence-electron chi connectivity index (χ3n) is 6.38. The highest BCUT2D eigenvalue weighted by atomic mass is 15.2. The number of aromatic nitrogens is 3. The van der Waals surface area contributed by atoms with E-state index in [2.05, 4.69) is 107 Å². The molecule has 0 aliphatic rings. The Morgan fingerprint density at radius 1 is 0.676 bits per heavy atom. The van der Waals surface area contributed by atoms with E-state index in [9.17, 15) is 0 Å². The van der Waals surface area contributed by atoms with Crippen molar-refractivity contribution in [2.75, 3.05) is 4.90 Å². The lowest BCUT2D eigenvalue weighted by Crippen LogP contribution is -2.16. The van der Waals surface area contributed by atoms with Crippen molar-refractivity contribution < 1.29 is 0 Å². The molecule has 0 bridgehead atoms. The molecule has 0 atom stereocenters. The Morgan fingerprint density at radius 2 is 1.38 bits per heavy atom. The third kappa shape index (κ3) is 3.69. The number of pyridine rings is 1. The minimum absolute atomic E-state index is 0.109. The molecule has 3 aromatic carbocycles. The number of anilines is 3. The highest BCUT2D eigenvalue weighted by molar-refractivity contribution is 6.09. The van der Waals surface area contributed by atoms with E-state index in [1.165, 1.54) is 22.4 Å². The maximum absolute atomic E-state index is 4.87. The van der Waals surface area contributed by atoms with Gasteiger partial charge in [0.1, 0.15) is 5.82 Å². The van der Waals surface area contributed by atoms with Gasteiger partial charge in [0.25, 0.3) is 0 Å². The fraction of sp³-hybridized carbons (Fsp3) is 0.233. The monoisotopic (exact) mass is 446 g/mol. The van der Waals surface area contributed by atoms with Crippen molar-refractivity contribution in [2.45, 2.75) is 47.0 Å². The second-order valence-corrected chi connectivity index (χ2v) is 10.0. The van der Waals surface area contributed by atoms with Crippen LogP contribution in [0.15, 0.2) is 73.1 Å². The zero-order chi connectivity index (χ0) is 24.0. The molecule has 0 N–H and O–H groups in total. The second kappa shape index (κ2) is 8.21. The average Bonchev–Trinajstić information content (AvgIpc) is 2.81. The van der Waals surface area contributed by atoms with Gasteiger partial charge in [0.05, 0.1) is 22.4 Å². The first-order valence-corrected chi connectivity index (χ1v) is 11.7. The van der Waals surface area contributed by atoms with Crippen molar-refractivity contribution in [1.29, 1.82) is 0 Å². The van der Waals surface area contributed by atoms with Gasteiger partial charge in [-0.3, -0.25) is 4.98 Å². The Morgan fingerprint density at radius 3 is 2.09 bits per heavy atom. The van der Waals surface area contributed by atoms with Gasteiger partial charge in [0.2, 0.25) is 0 Å². The second-order valence-electron chi connectivity index (χ2n) is 10.0. The maximum atomic E-state index is 4.87. The van der Waals surface area contributed by atoms with Crippen molar-refractivity contribution in [3.05, 3.63) is 95.6 Å². The summed E-state index contributed by atoms with van der Waals surface area (Å²) in [7, 11) is 0. The van der Waals surface area contributed by atoms with Gasteiger partial charge in [0.15, 0.2) is 0 Å². The summed E-state index contributed by atoms with van der Waals surface area (Å²) in [5.74, 6) is 0.840. The van der Waals surface area contributed by atoms with E-state index in [1.54, 1.807) is 0 Å². The Bertz CT molecular complexity index is 1510. The summed E-state index contributed by atoms with van der Waals surface area (Å²) in [6.07, 6.45) is 3.83. The third-order valence-corrected chi connectivity index (χ3v) is 6.38. The first-order valence-electron chi connectivity index (χ1n) is 11.7. The van der Waals surface area contributed by atoms with E-state index in [0.29, 0.717) is 0 Å². The maximum Gasteiger partial charge on any atom is 0.134 e. The van der Waals surface area contributed by atoms with Gasteiger partial charge in [-0.2, -0.15) is 0 Å². The van der Waals surface area contributed by atoms with Crippen LogP contribution in [-0.4, -0.2) is 15.0 Å². The molecular formula is C30H30N4. The van der Waals surface area contributed by atoms with Crippen LogP contribution in [0.25, 0.3) is 21.8 Å². The number of fused-ring (bicyclic) bond motifs is 3. The summed E-state index contributed by atoms with van der Waals surface area (Å²) < 4.78 is 0. The van der Waals surface area contributed by atoms with E-state index >= 15 is 0 Å². The van der Waals surface area contributed by atoms with E-state index in [-0.39, 0.29) is 5.41 Å². The van der Waals surface area contributed by atoms with Crippen molar-refractivity contribution in [3.63, 3.8) is 0 Å². The molecule has 2 heterocycles. The van der Waals surface area contributed by atoms with E-state index in [4.69, 9.17) is 15.0 Å². The molecular weight excluding hydrogens is 416 g/mol. The zero-order valence-corrected chi connectivity index (χ0v) is 20.7. The molecule has 0 aliphatic carbocycles. The molecule has 0 spiro atoms. The minimum atomic E-state index is -0.109. The summed E-state index contributed by atoms with van der Waals surface area (Å²) in [4.78, 5) is 16.7. The lowest BCUT2D eigenvalue weighted by Gasteiger charge is -2.30. The quantitative estimate of drug-likeness (QED) is 0.264. The van der Waals surface area contributed by atoms with Gasteiger partial charge in [-0.05, 0) is 61.7 Å². The van der Waals surface area contributed by atoms with Crippen LogP contribution in [0.5, 0.6) is 0 Å². The molecule has 4 heteroatoms. The Labute approximate surface area is 201 Å². The highest BCUT2D eigenvalue weighted by Gasteiger charge is 2.22. The predicted molar refractivity (Wildman–Crippen MR) is 142 cm³/mol. The van der Waals surface area contributed by atoms with Gasteiger partial charge in [-0.25, -0.2) is 9.97 Å². The molecule has 170 valence electrons. The summed E-state index contributed by atoms with van der Waals surface area (Å²) >= 11 is 0. The molecule has 4 nitrogen and oxygen atoms in total. The predicted octanol–water partition coefficient (Wildman–Crippen LogP) is 7.87. The van der Waals surface area contributed by atoms with Crippen LogP contribution in [0.4, 0.5) is 17.1 Å². The molecule has 0 unspecified atom stereocenters. The summed E-state index contributed by atoms with van der Waals surface area (Å²) in [5.41, 5.74) is 8.86. The average molecular weight is 447 g/mol. The standard InChI is InChI=1S/C30H30N4/c1-19-10-7-8-13-25(19)34(28-20(2)11-9-12-21(28)3)26-16-17-31-27-22(26)14-15-24-23(27)18-32-29(33-24)30(4,5)6/h7-18H,1-6H3. The van der Waals surface area contributed by atoms with Crippen molar-refractivity contribution in [1.82, 2.24) is 15.0 Å². The number of benzene rings is 3. The highest BCUT2D eigenvalue weighted by Crippen LogP contribution is 2.43. The van der Waals surface area contributed by atoms with Crippen LogP contribution in [-0.2, 0) is 5.41 Å². The molecule has 0 saturated carbocycles. The number of hydrogen-bond acceptors (Lipinski definition) is 4. The molecule has 34 heavy (non-hydrogen) atoms. The molecule has 0 fully saturated rings. The van der Waals surface area contributed by atoms with Crippen LogP contribution in [0.1, 0.15) is 43.3 Å². The largest absolute Gasteiger partial charge is 0.309 e. The summed E-state index contributed by atoms with van der Waals surface area (Å²) in [5, 5.41) is 2.05. The first-order chi connectivity index (χ1) is 16.3. The molecule has 0 saturated heterocycles. The van der Waals surface area contributed by atoms with Crippen LogP contribution in [0.3, 0.4) is 0 Å². The molecule has 5 rings (SSSR count). The molecule has 0 radical (unpaired) electrons. The summed E-state index contributed by atoms with van der Waals surface area (Å²) in [6.45, 7) is 12.9. The minimum Gasteiger partial charge on any atom is -0.309 e. The van der Waals surface area contributed by atoms with Crippen LogP contribution in [0.2, 0.25) is 0 Å². The zero-order valence-electron chi connectivity index (χ0n) is 20.7. The SMILES string of the molecule is Cc1ccccc1N(c1c(C)cccc1C)c1ccnc2c1ccc1nc(C(C)(C)C)ncc12. The van der Waals surface area contributed by atoms with Crippen molar-refractivity contribution in [2.24, 2.45) is 0 Å². The van der Waals surface area contributed by atoms with Crippen LogP contribution >= 0.6 is 0 Å². The summed E-state index contributed by atoms with van der Waals surface area (Å²) in [6, 6.07) is 21.4. The Hall–Kier alpha value is -3.79. The molecule has 2 aromatic heterocycles. The topological polar surface area (TPSA) is 41.9 Å². The molecule has 5 aromatic rings. The first kappa shape index (κ1) is 22.0. The number of para-hydroxylation sites is 2. The van der Waals surface area contributed by atoms with E-state index < -0.39 is 0 Å². The van der Waals surface area contributed by atoms with Crippen LogP contribution < -0.4 is 4.90 Å². The lowest BCUT2D eigenvalue weighted by atomic mass is 9.95.